The van der Waals surface area contributed by atoms with Crippen LogP contribution in [0, 0.1) is 0 Å². The van der Waals surface area contributed by atoms with Crippen molar-refractivity contribution in [2.75, 3.05) is 16.7 Å². The molecule has 3 rings (SSSR count). The molecule has 1 aromatic carbocycles. The molecule has 0 bridgehead atoms. The average Bonchev–Trinajstić information content (AvgIpc) is 2.69. The first kappa shape index (κ1) is 12.0. The number of para-hydroxylation sites is 2. The SMILES string of the molecule is CN1[B]N(c2ncncn2)c2ccccc21.[Ir]. The number of hydrogen-bond donors (Lipinski definition) is 0. The molecule has 2 radical (unpaired) electrons. The molecule has 0 aliphatic carbocycles. The van der Waals surface area contributed by atoms with Crippen LogP contribution in [0.3, 0.4) is 0 Å². The molecule has 0 N–H and O–H groups in total. The third kappa shape index (κ3) is 2.03. The van der Waals surface area contributed by atoms with E-state index in [1.165, 1.54) is 12.7 Å². The van der Waals surface area contributed by atoms with Gasteiger partial charge in [0.05, 0.1) is 5.69 Å². The van der Waals surface area contributed by atoms with E-state index in [9.17, 15) is 0 Å². The summed E-state index contributed by atoms with van der Waals surface area (Å²) >= 11 is 0. The second kappa shape index (κ2) is 4.81. The Kier molecular flexibility index (Phi) is 3.40. The van der Waals surface area contributed by atoms with Crippen LogP contribution in [0.15, 0.2) is 36.9 Å². The van der Waals surface area contributed by atoms with Crippen molar-refractivity contribution in [3.05, 3.63) is 36.9 Å². The molecule has 0 atom stereocenters. The van der Waals surface area contributed by atoms with Crippen LogP contribution in [0.2, 0.25) is 0 Å². The predicted octanol–water partition coefficient (Wildman–Crippen LogP) is 0.991. The Hall–Kier alpha value is -1.46. The third-order valence-corrected chi connectivity index (χ3v) is 2.51. The summed E-state index contributed by atoms with van der Waals surface area (Å²) in [5.41, 5.74) is 2.22. The standard InChI is InChI=1S/C10H9BN5.Ir/c1-15-8-4-2-3-5-9(8)16(11-15)10-13-6-12-7-14-10;/h2-7H,1H3;. The van der Waals surface area contributed by atoms with Crippen molar-refractivity contribution in [1.82, 2.24) is 15.0 Å². The smallest absolute Gasteiger partial charge is 0.398 e. The molecule has 0 fully saturated rings. The molecule has 86 valence electrons. The van der Waals surface area contributed by atoms with E-state index < -0.39 is 0 Å². The summed E-state index contributed by atoms with van der Waals surface area (Å²) in [6, 6.07) is 8.12. The average molecular weight is 402 g/mol. The first-order valence-corrected chi connectivity index (χ1v) is 4.94. The molecule has 0 saturated carbocycles. The third-order valence-electron chi connectivity index (χ3n) is 2.51. The van der Waals surface area contributed by atoms with Crippen molar-refractivity contribution in [3.63, 3.8) is 0 Å². The summed E-state index contributed by atoms with van der Waals surface area (Å²) in [7, 11) is 3.96. The molecule has 7 heteroatoms. The number of rotatable bonds is 1. The van der Waals surface area contributed by atoms with Crippen molar-refractivity contribution in [1.29, 1.82) is 0 Å². The number of fused-ring (bicyclic) bond motifs is 1. The van der Waals surface area contributed by atoms with Crippen LogP contribution in [0.1, 0.15) is 0 Å². The van der Waals surface area contributed by atoms with Crippen LogP contribution in [0.5, 0.6) is 0 Å². The van der Waals surface area contributed by atoms with Gasteiger partial charge in [0.15, 0.2) is 0 Å². The summed E-state index contributed by atoms with van der Waals surface area (Å²) in [5, 5.41) is 0. The van der Waals surface area contributed by atoms with Crippen LogP contribution >= 0.6 is 0 Å². The molecule has 1 aliphatic heterocycles. The second-order valence-corrected chi connectivity index (χ2v) is 3.52. The summed E-state index contributed by atoms with van der Waals surface area (Å²) in [6.07, 6.45) is 2.99. The maximum absolute atomic E-state index is 4.14. The zero-order chi connectivity index (χ0) is 11.0. The van der Waals surface area contributed by atoms with Gasteiger partial charge in [-0.25, -0.2) is 15.0 Å². The van der Waals surface area contributed by atoms with Gasteiger partial charge in [-0.15, -0.1) is 0 Å². The van der Waals surface area contributed by atoms with Crippen molar-refractivity contribution >= 4 is 24.9 Å². The van der Waals surface area contributed by atoms with Gasteiger partial charge in [-0.2, -0.15) is 0 Å². The molecule has 0 spiro atoms. The van der Waals surface area contributed by atoms with Gasteiger partial charge >= 0.3 is 7.55 Å². The molecule has 1 aromatic heterocycles. The number of benzene rings is 1. The van der Waals surface area contributed by atoms with E-state index in [-0.39, 0.29) is 20.1 Å². The van der Waals surface area contributed by atoms with E-state index in [4.69, 9.17) is 0 Å². The van der Waals surface area contributed by atoms with Crippen molar-refractivity contribution in [2.45, 2.75) is 0 Å². The first-order chi connectivity index (χ1) is 7.86. The Balaban J connectivity index is 0.00000108. The molecule has 2 aromatic rings. The Morgan fingerprint density at radius 3 is 2.41 bits per heavy atom. The van der Waals surface area contributed by atoms with Crippen LogP contribution in [-0.2, 0) is 20.1 Å². The van der Waals surface area contributed by atoms with Crippen molar-refractivity contribution in [2.24, 2.45) is 0 Å². The Morgan fingerprint density at radius 2 is 1.71 bits per heavy atom. The number of anilines is 3. The van der Waals surface area contributed by atoms with Crippen molar-refractivity contribution < 1.29 is 20.1 Å². The number of hydrogen-bond acceptors (Lipinski definition) is 5. The van der Waals surface area contributed by atoms with E-state index in [1.807, 2.05) is 42.4 Å². The predicted molar refractivity (Wildman–Crippen MR) is 62.6 cm³/mol. The Bertz CT molecular complexity index is 509. The minimum Gasteiger partial charge on any atom is -0.400 e. The molecular formula is C10H9BIrN5. The maximum Gasteiger partial charge on any atom is 0.398 e. The fourth-order valence-electron chi connectivity index (χ4n) is 1.78. The summed E-state index contributed by atoms with van der Waals surface area (Å²) in [4.78, 5) is 16.1. The maximum atomic E-state index is 4.14. The van der Waals surface area contributed by atoms with Gasteiger partial charge in [0.2, 0.25) is 5.95 Å². The first-order valence-electron chi connectivity index (χ1n) is 4.94. The zero-order valence-electron chi connectivity index (χ0n) is 9.11. The van der Waals surface area contributed by atoms with Gasteiger partial charge in [0.1, 0.15) is 12.7 Å². The topological polar surface area (TPSA) is 45.2 Å². The normalized spacial score (nSPS) is 12.8. The Labute approximate surface area is 114 Å². The summed E-state index contributed by atoms with van der Waals surface area (Å²) in [5.74, 6) is 0.631. The minimum atomic E-state index is 0. The molecule has 17 heavy (non-hydrogen) atoms. The van der Waals surface area contributed by atoms with Crippen LogP contribution in [-0.4, -0.2) is 29.5 Å². The zero-order valence-corrected chi connectivity index (χ0v) is 11.5. The molecular weight excluding hydrogens is 393 g/mol. The van der Waals surface area contributed by atoms with Gasteiger partial charge in [0, 0.05) is 25.8 Å². The molecule has 0 unspecified atom stereocenters. The Morgan fingerprint density at radius 1 is 1.06 bits per heavy atom. The van der Waals surface area contributed by atoms with E-state index in [2.05, 4.69) is 21.0 Å². The second-order valence-electron chi connectivity index (χ2n) is 3.52. The number of aromatic nitrogens is 3. The van der Waals surface area contributed by atoms with Crippen LogP contribution < -0.4 is 9.62 Å². The summed E-state index contributed by atoms with van der Waals surface area (Å²) < 4.78 is 0. The van der Waals surface area contributed by atoms with Gasteiger partial charge < -0.3 is 9.62 Å². The van der Waals surface area contributed by atoms with Gasteiger partial charge in [-0.1, -0.05) is 12.1 Å². The van der Waals surface area contributed by atoms with Gasteiger partial charge in [0.25, 0.3) is 0 Å². The summed E-state index contributed by atoms with van der Waals surface area (Å²) in [6.45, 7) is 0. The monoisotopic (exact) mass is 403 g/mol. The largest absolute Gasteiger partial charge is 0.400 e. The van der Waals surface area contributed by atoms with E-state index in [0.717, 1.165) is 11.4 Å². The molecule has 1 aliphatic rings. The van der Waals surface area contributed by atoms with Gasteiger partial charge in [-0.05, 0) is 19.2 Å². The van der Waals surface area contributed by atoms with E-state index in [0.29, 0.717) is 5.95 Å². The molecule has 0 amide bonds. The molecule has 5 nitrogen and oxygen atoms in total. The number of nitrogens with zero attached hydrogens (tertiary/aromatic N) is 5. The minimum absolute atomic E-state index is 0. The van der Waals surface area contributed by atoms with Crippen molar-refractivity contribution in [3.8, 4) is 0 Å². The van der Waals surface area contributed by atoms with E-state index in [1.54, 1.807) is 0 Å². The fourth-order valence-corrected chi connectivity index (χ4v) is 1.78. The van der Waals surface area contributed by atoms with Crippen LogP contribution in [0.25, 0.3) is 0 Å². The quantitative estimate of drug-likeness (QED) is 0.666. The molecule has 0 saturated heterocycles. The van der Waals surface area contributed by atoms with Crippen LogP contribution in [0.4, 0.5) is 17.3 Å². The molecule has 2 heterocycles. The van der Waals surface area contributed by atoms with E-state index >= 15 is 0 Å². The fraction of sp³-hybridized carbons (Fsp3) is 0.100. The van der Waals surface area contributed by atoms with Gasteiger partial charge in [-0.3, -0.25) is 0 Å².